The zero-order chi connectivity index (χ0) is 18.0. The minimum Gasteiger partial charge on any atom is -0.392 e. The fourth-order valence-corrected chi connectivity index (χ4v) is 3.15. The Morgan fingerprint density at radius 1 is 1.16 bits per heavy atom. The first kappa shape index (κ1) is 17.4. The van der Waals surface area contributed by atoms with Crippen molar-refractivity contribution in [3.63, 3.8) is 0 Å². The first-order valence-corrected chi connectivity index (χ1v) is 8.36. The fraction of sp³-hybridized carbons (Fsp3) is 0.471. The summed E-state index contributed by atoms with van der Waals surface area (Å²) in [5.74, 6) is -0.204. The summed E-state index contributed by atoms with van der Waals surface area (Å²) >= 11 is 0. The van der Waals surface area contributed by atoms with Crippen LogP contribution in [0.5, 0.6) is 0 Å². The lowest BCUT2D eigenvalue weighted by atomic mass is 10.2. The molecule has 0 saturated carbocycles. The standard InChI is InChI=1S/C17H22N4O4/c1-12(22)10-19-6-8-20(9-7-19)15(23)11-21-17(25)14-5-3-2-4-13(14)16(24)18-21/h2-5,12,22H,6-11H2,1H3,(H,18,24). The van der Waals surface area contributed by atoms with Crippen LogP contribution >= 0.6 is 0 Å². The van der Waals surface area contributed by atoms with E-state index in [0.717, 1.165) is 4.68 Å². The molecule has 2 heterocycles. The summed E-state index contributed by atoms with van der Waals surface area (Å²) in [6.45, 7) is 4.57. The summed E-state index contributed by atoms with van der Waals surface area (Å²) in [7, 11) is 0. The number of rotatable bonds is 4. The lowest BCUT2D eigenvalue weighted by Crippen LogP contribution is -2.51. The number of fused-ring (bicyclic) bond motifs is 1. The van der Waals surface area contributed by atoms with Crippen molar-refractivity contribution in [2.24, 2.45) is 0 Å². The molecule has 1 amide bonds. The molecule has 0 bridgehead atoms. The van der Waals surface area contributed by atoms with E-state index in [0.29, 0.717) is 43.5 Å². The van der Waals surface area contributed by atoms with E-state index in [-0.39, 0.29) is 23.6 Å². The number of β-amino-alcohol motifs (C(OH)–C–C–N with tert-alkyl or cyclic N) is 1. The number of carbonyl (C=O) groups is 1. The molecule has 3 rings (SSSR count). The molecule has 0 radical (unpaired) electrons. The smallest absolute Gasteiger partial charge is 0.273 e. The molecule has 1 aliphatic rings. The first-order valence-electron chi connectivity index (χ1n) is 8.36. The number of H-pyrrole nitrogens is 1. The van der Waals surface area contributed by atoms with Gasteiger partial charge in [0.05, 0.1) is 16.9 Å². The zero-order valence-electron chi connectivity index (χ0n) is 14.1. The Hall–Kier alpha value is -2.45. The van der Waals surface area contributed by atoms with Gasteiger partial charge in [0.25, 0.3) is 11.1 Å². The second-order valence-corrected chi connectivity index (χ2v) is 6.41. The Bertz CT molecular complexity index is 878. The molecule has 134 valence electrons. The molecule has 1 saturated heterocycles. The number of nitrogens with one attached hydrogen (secondary N) is 1. The molecule has 2 aromatic rings. The summed E-state index contributed by atoms with van der Waals surface area (Å²) in [5, 5.41) is 12.5. The normalized spacial score (nSPS) is 17.0. The summed E-state index contributed by atoms with van der Waals surface area (Å²) < 4.78 is 1.08. The van der Waals surface area contributed by atoms with Crippen molar-refractivity contribution in [2.75, 3.05) is 32.7 Å². The maximum absolute atomic E-state index is 12.5. The lowest BCUT2D eigenvalue weighted by Gasteiger charge is -2.35. The summed E-state index contributed by atoms with van der Waals surface area (Å²) in [6.07, 6.45) is -0.400. The van der Waals surface area contributed by atoms with Gasteiger partial charge in [-0.2, -0.15) is 0 Å². The highest BCUT2D eigenvalue weighted by Gasteiger charge is 2.22. The van der Waals surface area contributed by atoms with E-state index in [1.165, 1.54) is 0 Å². The van der Waals surface area contributed by atoms with Gasteiger partial charge in [0.1, 0.15) is 6.54 Å². The Kier molecular flexibility index (Phi) is 5.00. The van der Waals surface area contributed by atoms with Gasteiger partial charge in [0, 0.05) is 32.7 Å². The Morgan fingerprint density at radius 3 is 2.44 bits per heavy atom. The molecule has 2 N–H and O–H groups in total. The molecule has 1 aromatic carbocycles. The minimum absolute atomic E-state index is 0.185. The van der Waals surface area contributed by atoms with Crippen molar-refractivity contribution in [3.05, 3.63) is 45.0 Å². The van der Waals surface area contributed by atoms with Crippen LogP contribution in [0.25, 0.3) is 10.8 Å². The van der Waals surface area contributed by atoms with Gasteiger partial charge in [-0.05, 0) is 19.1 Å². The van der Waals surface area contributed by atoms with Crippen LogP contribution in [0.4, 0.5) is 0 Å². The van der Waals surface area contributed by atoms with Crippen LogP contribution in [-0.2, 0) is 11.3 Å². The van der Waals surface area contributed by atoms with Gasteiger partial charge in [-0.25, -0.2) is 4.68 Å². The van der Waals surface area contributed by atoms with Crippen molar-refractivity contribution >= 4 is 16.7 Å². The van der Waals surface area contributed by atoms with Crippen LogP contribution in [0.3, 0.4) is 0 Å². The molecule has 8 heteroatoms. The number of aromatic nitrogens is 2. The third-order valence-corrected chi connectivity index (χ3v) is 4.42. The average Bonchev–Trinajstić information content (AvgIpc) is 2.59. The van der Waals surface area contributed by atoms with E-state index in [2.05, 4.69) is 10.00 Å². The maximum atomic E-state index is 12.5. The number of piperazine rings is 1. The molecular weight excluding hydrogens is 324 g/mol. The van der Waals surface area contributed by atoms with Gasteiger partial charge < -0.3 is 10.0 Å². The fourth-order valence-electron chi connectivity index (χ4n) is 3.15. The van der Waals surface area contributed by atoms with Gasteiger partial charge >= 0.3 is 0 Å². The van der Waals surface area contributed by atoms with Crippen molar-refractivity contribution < 1.29 is 9.90 Å². The summed E-state index contributed by atoms with van der Waals surface area (Å²) in [5.41, 5.74) is -0.763. The number of hydrogen-bond acceptors (Lipinski definition) is 5. The van der Waals surface area contributed by atoms with Crippen LogP contribution in [0.15, 0.2) is 33.9 Å². The summed E-state index contributed by atoms with van der Waals surface area (Å²) in [6, 6.07) is 6.56. The highest BCUT2D eigenvalue weighted by atomic mass is 16.3. The number of carbonyl (C=O) groups excluding carboxylic acids is 1. The molecule has 1 atom stereocenters. The van der Waals surface area contributed by atoms with Crippen LogP contribution in [0.1, 0.15) is 6.92 Å². The lowest BCUT2D eigenvalue weighted by molar-refractivity contribution is -0.134. The molecular formula is C17H22N4O4. The minimum atomic E-state index is -0.400. The van der Waals surface area contributed by atoms with Crippen LogP contribution in [-0.4, -0.2) is 69.4 Å². The van der Waals surface area contributed by atoms with Gasteiger partial charge in [-0.1, -0.05) is 12.1 Å². The summed E-state index contributed by atoms with van der Waals surface area (Å²) in [4.78, 5) is 40.8. The molecule has 8 nitrogen and oxygen atoms in total. The second-order valence-electron chi connectivity index (χ2n) is 6.41. The highest BCUT2D eigenvalue weighted by Crippen LogP contribution is 2.05. The Balaban J connectivity index is 1.72. The van der Waals surface area contributed by atoms with E-state index in [9.17, 15) is 19.5 Å². The number of nitrogens with zero attached hydrogens (tertiary/aromatic N) is 3. The number of aliphatic hydroxyl groups is 1. The van der Waals surface area contributed by atoms with Gasteiger partial charge in [0.2, 0.25) is 5.91 Å². The van der Waals surface area contributed by atoms with E-state index >= 15 is 0 Å². The van der Waals surface area contributed by atoms with Gasteiger partial charge in [-0.3, -0.25) is 24.4 Å². The molecule has 25 heavy (non-hydrogen) atoms. The largest absolute Gasteiger partial charge is 0.392 e. The van der Waals surface area contributed by atoms with E-state index in [4.69, 9.17) is 0 Å². The van der Waals surface area contributed by atoms with Crippen LogP contribution in [0.2, 0.25) is 0 Å². The van der Waals surface area contributed by atoms with Gasteiger partial charge in [-0.15, -0.1) is 0 Å². The molecule has 1 unspecified atom stereocenters. The van der Waals surface area contributed by atoms with Crippen LogP contribution in [0, 0.1) is 0 Å². The Labute approximate surface area is 144 Å². The second kappa shape index (κ2) is 7.20. The van der Waals surface area contributed by atoms with E-state index in [1.54, 1.807) is 36.1 Å². The predicted molar refractivity (Wildman–Crippen MR) is 93.5 cm³/mol. The van der Waals surface area contributed by atoms with Crippen molar-refractivity contribution in [1.82, 2.24) is 19.6 Å². The Morgan fingerprint density at radius 2 is 1.80 bits per heavy atom. The zero-order valence-corrected chi connectivity index (χ0v) is 14.1. The van der Waals surface area contributed by atoms with Crippen molar-refractivity contribution in [1.29, 1.82) is 0 Å². The third kappa shape index (κ3) is 3.80. The van der Waals surface area contributed by atoms with Crippen LogP contribution < -0.4 is 11.1 Å². The number of aromatic amines is 1. The molecule has 1 aromatic heterocycles. The number of benzene rings is 1. The third-order valence-electron chi connectivity index (χ3n) is 4.42. The number of amides is 1. The van der Waals surface area contributed by atoms with Gasteiger partial charge in [0.15, 0.2) is 0 Å². The molecule has 1 aliphatic heterocycles. The van der Waals surface area contributed by atoms with Crippen molar-refractivity contribution in [2.45, 2.75) is 19.6 Å². The molecule has 0 spiro atoms. The quantitative estimate of drug-likeness (QED) is 0.756. The monoisotopic (exact) mass is 346 g/mol. The molecule has 0 aliphatic carbocycles. The number of hydrogen-bond donors (Lipinski definition) is 2. The molecule has 1 fully saturated rings. The highest BCUT2D eigenvalue weighted by molar-refractivity contribution is 5.81. The SMILES string of the molecule is CC(O)CN1CCN(C(=O)Cn2[nH]c(=O)c3ccccc3c2=O)CC1. The van der Waals surface area contributed by atoms with Crippen molar-refractivity contribution in [3.8, 4) is 0 Å². The maximum Gasteiger partial charge on any atom is 0.273 e. The topological polar surface area (TPSA) is 98.6 Å². The van der Waals surface area contributed by atoms with E-state index < -0.39 is 6.10 Å². The number of aliphatic hydroxyl groups excluding tert-OH is 1. The van der Waals surface area contributed by atoms with E-state index in [1.807, 2.05) is 0 Å². The first-order chi connectivity index (χ1) is 12.0. The predicted octanol–water partition coefficient (Wildman–Crippen LogP) is -0.785. The average molecular weight is 346 g/mol.